The molecule has 2 aromatic carbocycles. The van der Waals surface area contributed by atoms with Gasteiger partial charge in [-0.25, -0.2) is 0 Å². The summed E-state index contributed by atoms with van der Waals surface area (Å²) in [7, 11) is 0. The number of piperidine rings is 1. The van der Waals surface area contributed by atoms with Gasteiger partial charge in [0.05, 0.1) is 6.54 Å². The highest BCUT2D eigenvalue weighted by molar-refractivity contribution is 6.30. The lowest BCUT2D eigenvalue weighted by Crippen LogP contribution is -2.29. The van der Waals surface area contributed by atoms with Crippen molar-refractivity contribution in [2.45, 2.75) is 25.8 Å². The van der Waals surface area contributed by atoms with E-state index in [0.29, 0.717) is 23.3 Å². The van der Waals surface area contributed by atoms with E-state index < -0.39 is 0 Å². The number of nitrogens with zero attached hydrogens (tertiary/aromatic N) is 3. The number of nitrogens with one attached hydrogen (secondary N) is 1. The Morgan fingerprint density at radius 2 is 1.65 bits per heavy atom. The van der Waals surface area contributed by atoms with Crippen molar-refractivity contribution in [1.29, 1.82) is 0 Å². The van der Waals surface area contributed by atoms with Crippen LogP contribution in [-0.2, 0) is 6.54 Å². The molecule has 0 saturated carbocycles. The van der Waals surface area contributed by atoms with E-state index in [4.69, 9.17) is 16.0 Å². The molecular formula is C20H21ClN4O. The largest absolute Gasteiger partial charge is 0.419 e. The van der Waals surface area contributed by atoms with Gasteiger partial charge in [-0.15, -0.1) is 10.2 Å². The van der Waals surface area contributed by atoms with E-state index in [1.165, 1.54) is 24.9 Å². The monoisotopic (exact) mass is 368 g/mol. The predicted molar refractivity (Wildman–Crippen MR) is 105 cm³/mol. The Morgan fingerprint density at radius 3 is 2.38 bits per heavy atom. The predicted octanol–water partition coefficient (Wildman–Crippen LogP) is 4.99. The fourth-order valence-electron chi connectivity index (χ4n) is 3.15. The van der Waals surface area contributed by atoms with E-state index in [-0.39, 0.29) is 0 Å². The van der Waals surface area contributed by atoms with Crippen LogP contribution < -0.4 is 10.2 Å². The third-order valence-electron chi connectivity index (χ3n) is 4.59. The van der Waals surface area contributed by atoms with E-state index in [1.54, 1.807) is 0 Å². The van der Waals surface area contributed by atoms with Gasteiger partial charge >= 0.3 is 0 Å². The zero-order valence-corrected chi connectivity index (χ0v) is 15.2. The second-order valence-corrected chi connectivity index (χ2v) is 6.89. The summed E-state index contributed by atoms with van der Waals surface area (Å²) in [6, 6.07) is 15.9. The van der Waals surface area contributed by atoms with Gasteiger partial charge in [-0.1, -0.05) is 11.6 Å². The molecule has 1 aliphatic rings. The summed E-state index contributed by atoms with van der Waals surface area (Å²) >= 11 is 5.90. The molecule has 1 fully saturated rings. The highest BCUT2D eigenvalue weighted by Crippen LogP contribution is 2.23. The second kappa shape index (κ2) is 7.79. The standard InChI is InChI=1S/C20H21ClN4O/c21-16-6-4-15(5-7-16)20-24-23-19(26-20)14-22-17-8-10-18(11-9-17)25-12-2-1-3-13-25/h4-11,22H,1-3,12-14H2. The third kappa shape index (κ3) is 3.99. The lowest BCUT2D eigenvalue weighted by atomic mass is 10.1. The molecule has 26 heavy (non-hydrogen) atoms. The molecule has 1 aromatic heterocycles. The van der Waals surface area contributed by atoms with Gasteiger partial charge in [0.25, 0.3) is 0 Å². The van der Waals surface area contributed by atoms with Crippen molar-refractivity contribution in [3.63, 3.8) is 0 Å². The summed E-state index contributed by atoms with van der Waals surface area (Å²) in [6.07, 6.45) is 3.92. The Labute approximate surface area is 158 Å². The maximum atomic E-state index is 5.90. The molecule has 0 amide bonds. The topological polar surface area (TPSA) is 54.2 Å². The fourth-order valence-corrected chi connectivity index (χ4v) is 3.28. The highest BCUT2D eigenvalue weighted by atomic mass is 35.5. The van der Waals surface area contributed by atoms with Crippen LogP contribution in [-0.4, -0.2) is 23.3 Å². The summed E-state index contributed by atoms with van der Waals surface area (Å²) in [4.78, 5) is 2.45. The van der Waals surface area contributed by atoms with Gasteiger partial charge in [0.1, 0.15) is 0 Å². The Morgan fingerprint density at radius 1 is 0.923 bits per heavy atom. The van der Waals surface area contributed by atoms with Crippen LogP contribution in [0.25, 0.3) is 11.5 Å². The maximum Gasteiger partial charge on any atom is 0.247 e. The summed E-state index contributed by atoms with van der Waals surface area (Å²) in [5.74, 6) is 1.05. The molecular weight excluding hydrogens is 348 g/mol. The Kier molecular flexibility index (Phi) is 5.07. The van der Waals surface area contributed by atoms with E-state index in [9.17, 15) is 0 Å². The van der Waals surface area contributed by atoms with Crippen molar-refractivity contribution in [2.24, 2.45) is 0 Å². The van der Waals surface area contributed by atoms with Gasteiger partial charge in [-0.05, 0) is 67.8 Å². The molecule has 1 saturated heterocycles. The van der Waals surface area contributed by atoms with Crippen molar-refractivity contribution < 1.29 is 4.42 Å². The molecule has 0 unspecified atom stereocenters. The van der Waals surface area contributed by atoms with Crippen LogP contribution in [0.3, 0.4) is 0 Å². The van der Waals surface area contributed by atoms with Crippen molar-refractivity contribution in [1.82, 2.24) is 10.2 Å². The lowest BCUT2D eigenvalue weighted by Gasteiger charge is -2.28. The number of halogens is 1. The van der Waals surface area contributed by atoms with Crippen LogP contribution in [0.2, 0.25) is 5.02 Å². The molecule has 0 atom stereocenters. The van der Waals surface area contributed by atoms with E-state index in [2.05, 4.69) is 44.7 Å². The van der Waals surface area contributed by atoms with Crippen molar-refractivity contribution in [2.75, 3.05) is 23.3 Å². The molecule has 6 heteroatoms. The molecule has 0 aliphatic carbocycles. The van der Waals surface area contributed by atoms with Gasteiger partial charge in [0.2, 0.25) is 11.8 Å². The van der Waals surface area contributed by atoms with Crippen molar-refractivity contribution in [3.05, 3.63) is 59.4 Å². The summed E-state index contributed by atoms with van der Waals surface area (Å²) in [5, 5.41) is 12.2. The molecule has 0 bridgehead atoms. The molecule has 134 valence electrons. The van der Waals surface area contributed by atoms with Crippen LogP contribution in [0.15, 0.2) is 52.9 Å². The van der Waals surface area contributed by atoms with Gasteiger partial charge in [-0.2, -0.15) is 0 Å². The zero-order valence-electron chi connectivity index (χ0n) is 14.5. The van der Waals surface area contributed by atoms with Gasteiger partial charge in [-0.3, -0.25) is 0 Å². The molecule has 0 radical (unpaired) electrons. The SMILES string of the molecule is Clc1ccc(-c2nnc(CNc3ccc(N4CCCCC4)cc3)o2)cc1. The molecule has 1 aliphatic heterocycles. The minimum atomic E-state index is 0.490. The third-order valence-corrected chi connectivity index (χ3v) is 4.84. The fraction of sp³-hybridized carbons (Fsp3) is 0.300. The lowest BCUT2D eigenvalue weighted by molar-refractivity contribution is 0.515. The second-order valence-electron chi connectivity index (χ2n) is 6.46. The van der Waals surface area contributed by atoms with Crippen LogP contribution in [0, 0.1) is 0 Å². The Balaban J connectivity index is 1.36. The van der Waals surface area contributed by atoms with Gasteiger partial charge in [0.15, 0.2) is 0 Å². The van der Waals surface area contributed by atoms with Gasteiger partial charge in [0, 0.05) is 35.1 Å². The van der Waals surface area contributed by atoms with E-state index in [1.807, 2.05) is 24.3 Å². The molecule has 2 heterocycles. The molecule has 4 rings (SSSR count). The van der Waals surface area contributed by atoms with Crippen LogP contribution in [0.5, 0.6) is 0 Å². The summed E-state index contributed by atoms with van der Waals surface area (Å²) in [5.41, 5.74) is 3.19. The summed E-state index contributed by atoms with van der Waals surface area (Å²) in [6.45, 7) is 2.80. The zero-order chi connectivity index (χ0) is 17.8. The first-order valence-electron chi connectivity index (χ1n) is 8.95. The molecule has 5 nitrogen and oxygen atoms in total. The number of anilines is 2. The normalized spacial score (nSPS) is 14.4. The first-order valence-corrected chi connectivity index (χ1v) is 9.33. The number of hydrogen-bond acceptors (Lipinski definition) is 5. The first-order chi connectivity index (χ1) is 12.8. The minimum absolute atomic E-state index is 0.490. The molecule has 1 N–H and O–H groups in total. The van der Waals surface area contributed by atoms with Crippen molar-refractivity contribution in [3.8, 4) is 11.5 Å². The van der Waals surface area contributed by atoms with E-state index in [0.717, 1.165) is 24.3 Å². The maximum absolute atomic E-state index is 5.90. The Bertz CT molecular complexity index is 839. The van der Waals surface area contributed by atoms with Crippen molar-refractivity contribution >= 4 is 23.0 Å². The van der Waals surface area contributed by atoms with Gasteiger partial charge < -0.3 is 14.6 Å². The van der Waals surface area contributed by atoms with Crippen LogP contribution in [0.4, 0.5) is 11.4 Å². The molecule has 0 spiro atoms. The molecule has 3 aromatic rings. The van der Waals surface area contributed by atoms with Crippen LogP contribution in [0.1, 0.15) is 25.2 Å². The number of rotatable bonds is 5. The number of benzene rings is 2. The number of aromatic nitrogens is 2. The Hall–Kier alpha value is -2.53. The smallest absolute Gasteiger partial charge is 0.247 e. The highest BCUT2D eigenvalue weighted by Gasteiger charge is 2.11. The average Bonchev–Trinajstić information content (AvgIpc) is 3.17. The first kappa shape index (κ1) is 16.9. The van der Waals surface area contributed by atoms with E-state index >= 15 is 0 Å². The summed E-state index contributed by atoms with van der Waals surface area (Å²) < 4.78 is 5.71. The minimum Gasteiger partial charge on any atom is -0.419 e. The average molecular weight is 369 g/mol. The number of hydrogen-bond donors (Lipinski definition) is 1. The van der Waals surface area contributed by atoms with Crippen LogP contribution >= 0.6 is 11.6 Å². The quantitative estimate of drug-likeness (QED) is 0.687.